The summed E-state index contributed by atoms with van der Waals surface area (Å²) in [6.45, 7) is 2.10. The third-order valence-electron chi connectivity index (χ3n) is 5.04. The van der Waals surface area contributed by atoms with Crippen LogP contribution in [0.1, 0.15) is 17.0 Å². The minimum atomic E-state index is 0.809. The standard InChI is InChI=1S/C22H21N7/c1-15-3-5-16(6-4-15)7-9-19-25-21(22(26-19)18-11-12-28(2)27-18)17-8-10-20-23-14-24-29(20)13-17/h3-6,8,10-14H,7,9H2,1-2H3,(H,25,26). The molecule has 5 rings (SSSR count). The number of hydrogen-bond acceptors (Lipinski definition) is 4. The zero-order valence-corrected chi connectivity index (χ0v) is 16.4. The van der Waals surface area contributed by atoms with Gasteiger partial charge in [-0.2, -0.15) is 10.2 Å². The molecule has 0 unspecified atom stereocenters. The summed E-state index contributed by atoms with van der Waals surface area (Å²) in [4.78, 5) is 12.6. The van der Waals surface area contributed by atoms with Crippen molar-refractivity contribution in [1.82, 2.24) is 34.3 Å². The molecule has 0 saturated carbocycles. The number of aryl methyl sites for hydroxylation is 4. The molecule has 0 spiro atoms. The van der Waals surface area contributed by atoms with E-state index >= 15 is 0 Å². The average Bonchev–Trinajstić information content (AvgIpc) is 3.46. The third kappa shape index (κ3) is 3.42. The Balaban J connectivity index is 1.52. The Morgan fingerprint density at radius 3 is 2.66 bits per heavy atom. The van der Waals surface area contributed by atoms with Gasteiger partial charge in [0, 0.05) is 31.4 Å². The lowest BCUT2D eigenvalue weighted by Gasteiger charge is -2.01. The summed E-state index contributed by atoms with van der Waals surface area (Å²) in [5.41, 5.74) is 7.02. The molecule has 7 heteroatoms. The number of pyridine rings is 1. The first-order valence-corrected chi connectivity index (χ1v) is 9.60. The van der Waals surface area contributed by atoms with E-state index in [4.69, 9.17) is 4.98 Å². The number of fused-ring (bicyclic) bond motifs is 1. The van der Waals surface area contributed by atoms with Crippen molar-refractivity contribution in [2.75, 3.05) is 0 Å². The number of hydrogen-bond donors (Lipinski definition) is 1. The van der Waals surface area contributed by atoms with Gasteiger partial charge in [0.2, 0.25) is 0 Å². The molecule has 0 fully saturated rings. The van der Waals surface area contributed by atoms with Gasteiger partial charge < -0.3 is 4.98 Å². The third-order valence-corrected chi connectivity index (χ3v) is 5.04. The average molecular weight is 383 g/mol. The first-order chi connectivity index (χ1) is 14.2. The summed E-state index contributed by atoms with van der Waals surface area (Å²) in [7, 11) is 1.92. The van der Waals surface area contributed by atoms with Gasteiger partial charge in [0.15, 0.2) is 5.65 Å². The highest BCUT2D eigenvalue weighted by atomic mass is 15.3. The highest BCUT2D eigenvalue weighted by Crippen LogP contribution is 2.29. The van der Waals surface area contributed by atoms with Crippen LogP contribution in [0.4, 0.5) is 0 Å². The van der Waals surface area contributed by atoms with Gasteiger partial charge in [-0.05, 0) is 37.1 Å². The zero-order chi connectivity index (χ0) is 19.8. The lowest BCUT2D eigenvalue weighted by Crippen LogP contribution is -1.94. The Bertz CT molecular complexity index is 1270. The smallest absolute Gasteiger partial charge is 0.155 e. The van der Waals surface area contributed by atoms with Crippen LogP contribution < -0.4 is 0 Å². The van der Waals surface area contributed by atoms with Gasteiger partial charge >= 0.3 is 0 Å². The lowest BCUT2D eigenvalue weighted by molar-refractivity contribution is 0.770. The molecule has 144 valence electrons. The van der Waals surface area contributed by atoms with E-state index in [1.807, 2.05) is 37.6 Å². The first kappa shape index (κ1) is 17.4. The fraction of sp³-hybridized carbons (Fsp3) is 0.182. The molecule has 0 saturated heterocycles. The fourth-order valence-corrected chi connectivity index (χ4v) is 3.46. The van der Waals surface area contributed by atoms with Crippen molar-refractivity contribution in [2.24, 2.45) is 7.05 Å². The number of imidazole rings is 1. The minimum Gasteiger partial charge on any atom is -0.340 e. The Morgan fingerprint density at radius 2 is 1.86 bits per heavy atom. The van der Waals surface area contributed by atoms with Crippen LogP contribution in [-0.4, -0.2) is 34.3 Å². The molecule has 0 aliphatic heterocycles. The van der Waals surface area contributed by atoms with E-state index in [1.54, 1.807) is 15.5 Å². The van der Waals surface area contributed by atoms with Gasteiger partial charge in [-0.1, -0.05) is 29.8 Å². The molecule has 0 aliphatic rings. The van der Waals surface area contributed by atoms with Gasteiger partial charge in [-0.15, -0.1) is 0 Å². The summed E-state index contributed by atoms with van der Waals surface area (Å²) in [5, 5.41) is 8.82. The van der Waals surface area contributed by atoms with E-state index in [1.165, 1.54) is 11.1 Å². The largest absolute Gasteiger partial charge is 0.340 e. The summed E-state index contributed by atoms with van der Waals surface area (Å²) >= 11 is 0. The Kier molecular flexibility index (Phi) is 4.20. The van der Waals surface area contributed by atoms with Crippen LogP contribution in [0.2, 0.25) is 0 Å². The number of nitrogens with one attached hydrogen (secondary N) is 1. The number of nitrogens with zero attached hydrogens (tertiary/aromatic N) is 6. The van der Waals surface area contributed by atoms with Crippen molar-refractivity contribution in [3.63, 3.8) is 0 Å². The topological polar surface area (TPSA) is 76.7 Å². The lowest BCUT2D eigenvalue weighted by atomic mass is 10.1. The molecule has 1 N–H and O–H groups in total. The SMILES string of the molecule is Cc1ccc(CCc2nc(-c3ccc4ncnn4c3)c(-c3ccn(C)n3)[nH]2)cc1. The second kappa shape index (κ2) is 7.01. The van der Waals surface area contributed by atoms with Gasteiger partial charge in [0.25, 0.3) is 0 Å². The van der Waals surface area contributed by atoms with Gasteiger partial charge in [0.05, 0.1) is 11.4 Å². The molecule has 29 heavy (non-hydrogen) atoms. The van der Waals surface area contributed by atoms with Crippen LogP contribution in [-0.2, 0) is 19.9 Å². The Hall–Kier alpha value is -3.74. The molecule has 4 heterocycles. The van der Waals surface area contributed by atoms with Crippen molar-refractivity contribution < 1.29 is 0 Å². The van der Waals surface area contributed by atoms with E-state index in [9.17, 15) is 0 Å². The number of aromatic amines is 1. The highest BCUT2D eigenvalue weighted by Gasteiger charge is 2.17. The maximum atomic E-state index is 4.92. The summed E-state index contributed by atoms with van der Waals surface area (Å²) in [6, 6.07) is 14.6. The van der Waals surface area contributed by atoms with Crippen molar-refractivity contribution in [3.05, 3.63) is 78.1 Å². The Labute approximate surface area is 168 Å². The van der Waals surface area contributed by atoms with Gasteiger partial charge in [0.1, 0.15) is 17.8 Å². The van der Waals surface area contributed by atoms with Crippen molar-refractivity contribution in [2.45, 2.75) is 19.8 Å². The second-order valence-corrected chi connectivity index (χ2v) is 7.25. The van der Waals surface area contributed by atoms with Gasteiger partial charge in [-0.3, -0.25) is 4.68 Å². The van der Waals surface area contributed by atoms with E-state index in [0.717, 1.165) is 47.0 Å². The number of H-pyrrole nitrogens is 1. The normalized spacial score (nSPS) is 11.4. The molecule has 0 amide bonds. The first-order valence-electron chi connectivity index (χ1n) is 9.60. The molecule has 0 atom stereocenters. The van der Waals surface area contributed by atoms with E-state index in [2.05, 4.69) is 51.4 Å². The van der Waals surface area contributed by atoms with Crippen LogP contribution in [0.15, 0.2) is 61.2 Å². The second-order valence-electron chi connectivity index (χ2n) is 7.25. The molecule has 0 bridgehead atoms. The van der Waals surface area contributed by atoms with Crippen LogP contribution in [0.3, 0.4) is 0 Å². The number of rotatable bonds is 5. The summed E-state index contributed by atoms with van der Waals surface area (Å²) in [5.74, 6) is 0.944. The summed E-state index contributed by atoms with van der Waals surface area (Å²) in [6.07, 6.45) is 7.20. The highest BCUT2D eigenvalue weighted by molar-refractivity contribution is 5.76. The molecule has 5 aromatic rings. The molecule has 4 aromatic heterocycles. The Morgan fingerprint density at radius 1 is 1.00 bits per heavy atom. The van der Waals surface area contributed by atoms with Crippen LogP contribution >= 0.6 is 0 Å². The van der Waals surface area contributed by atoms with Crippen LogP contribution in [0.5, 0.6) is 0 Å². The molecular formula is C22H21N7. The number of benzene rings is 1. The van der Waals surface area contributed by atoms with Crippen molar-refractivity contribution in [1.29, 1.82) is 0 Å². The van der Waals surface area contributed by atoms with Crippen LogP contribution in [0.25, 0.3) is 28.3 Å². The maximum absolute atomic E-state index is 4.92. The zero-order valence-electron chi connectivity index (χ0n) is 16.4. The van der Waals surface area contributed by atoms with E-state index in [0.29, 0.717) is 0 Å². The van der Waals surface area contributed by atoms with E-state index in [-0.39, 0.29) is 0 Å². The summed E-state index contributed by atoms with van der Waals surface area (Å²) < 4.78 is 3.56. The van der Waals surface area contributed by atoms with E-state index < -0.39 is 0 Å². The predicted octanol–water partition coefficient (Wildman–Crippen LogP) is 3.61. The fourth-order valence-electron chi connectivity index (χ4n) is 3.46. The molecule has 0 aliphatic carbocycles. The van der Waals surface area contributed by atoms with Gasteiger partial charge in [-0.25, -0.2) is 14.5 Å². The molecule has 1 aromatic carbocycles. The van der Waals surface area contributed by atoms with Crippen molar-refractivity contribution >= 4 is 5.65 Å². The molecule has 7 nitrogen and oxygen atoms in total. The molecule has 0 radical (unpaired) electrons. The predicted molar refractivity (Wildman–Crippen MR) is 111 cm³/mol. The minimum absolute atomic E-state index is 0.809. The van der Waals surface area contributed by atoms with Crippen molar-refractivity contribution in [3.8, 4) is 22.6 Å². The maximum Gasteiger partial charge on any atom is 0.155 e. The molecular weight excluding hydrogens is 362 g/mol. The number of aromatic nitrogens is 7. The van der Waals surface area contributed by atoms with Crippen LogP contribution in [0, 0.1) is 6.92 Å². The quantitative estimate of drug-likeness (QED) is 0.503. The monoisotopic (exact) mass is 383 g/mol.